The molecule has 0 aliphatic heterocycles. The van der Waals surface area contributed by atoms with Crippen LogP contribution in [-0.4, -0.2) is 19.7 Å². The van der Waals surface area contributed by atoms with E-state index in [1.165, 1.54) is 0 Å². The van der Waals surface area contributed by atoms with Crippen LogP contribution in [0.5, 0.6) is 0 Å². The zero-order valence-corrected chi connectivity index (χ0v) is 9.39. The number of hydrogen-bond acceptors (Lipinski definition) is 3. The van der Waals surface area contributed by atoms with E-state index in [-0.39, 0.29) is 0 Å². The second-order valence-electron chi connectivity index (χ2n) is 3.61. The zero-order valence-electron chi connectivity index (χ0n) is 9.39. The number of hydrogen-bond donors (Lipinski definition) is 0. The molecule has 0 saturated heterocycles. The van der Waals surface area contributed by atoms with Crippen LogP contribution in [0.3, 0.4) is 0 Å². The summed E-state index contributed by atoms with van der Waals surface area (Å²) in [6.07, 6.45) is 3.35. The Hall–Kier alpha value is -1.78. The van der Waals surface area contributed by atoms with E-state index in [0.717, 1.165) is 22.9 Å². The number of nitrogens with zero attached hydrogens (tertiary/aromatic N) is 5. The van der Waals surface area contributed by atoms with Gasteiger partial charge < -0.3 is 0 Å². The van der Waals surface area contributed by atoms with Crippen molar-refractivity contribution >= 4 is 0 Å². The van der Waals surface area contributed by atoms with E-state index in [1.807, 2.05) is 37.2 Å². The summed E-state index contributed by atoms with van der Waals surface area (Å²) in [5.41, 5.74) is 1.92. The highest BCUT2D eigenvalue weighted by atomic mass is 15.4. The predicted octanol–water partition coefficient (Wildman–Crippen LogP) is 0.318. The lowest BCUT2D eigenvalue weighted by atomic mass is 10.2. The Bertz CT molecular complexity index is 501. The van der Waals surface area contributed by atoms with Crippen molar-refractivity contribution in [2.75, 3.05) is 0 Å². The number of rotatable bonds is 1. The molecule has 0 saturated carbocycles. The summed E-state index contributed by atoms with van der Waals surface area (Å²) in [7, 11) is 3.91. The Kier molecular flexibility index (Phi) is 2.22. The van der Waals surface area contributed by atoms with E-state index in [1.54, 1.807) is 12.5 Å². The van der Waals surface area contributed by atoms with Gasteiger partial charge in [-0.3, -0.25) is 0 Å². The molecule has 2 heterocycles. The lowest BCUT2D eigenvalue weighted by molar-refractivity contribution is -0.667. The van der Waals surface area contributed by atoms with E-state index < -0.39 is 0 Å². The third-order valence-corrected chi connectivity index (χ3v) is 2.62. The fourth-order valence-corrected chi connectivity index (χ4v) is 1.49. The molecule has 0 fully saturated rings. The van der Waals surface area contributed by atoms with Gasteiger partial charge in [-0.2, -0.15) is 0 Å². The molecule has 15 heavy (non-hydrogen) atoms. The molecule has 0 N–H and O–H groups in total. The highest BCUT2D eigenvalue weighted by Crippen LogP contribution is 2.13. The van der Waals surface area contributed by atoms with Crippen molar-refractivity contribution in [2.24, 2.45) is 14.1 Å². The van der Waals surface area contributed by atoms with Gasteiger partial charge in [0.05, 0.1) is 14.1 Å². The number of aromatic nitrogens is 5. The molecule has 2 aromatic heterocycles. The highest BCUT2D eigenvalue weighted by molar-refractivity contribution is 5.49. The molecule has 0 amide bonds. The second-order valence-corrected chi connectivity index (χ2v) is 3.61. The highest BCUT2D eigenvalue weighted by Gasteiger charge is 2.21. The maximum Gasteiger partial charge on any atom is 0.327 e. The van der Waals surface area contributed by atoms with Gasteiger partial charge in [0.15, 0.2) is 0 Å². The van der Waals surface area contributed by atoms with E-state index in [4.69, 9.17) is 0 Å². The van der Waals surface area contributed by atoms with Gasteiger partial charge in [-0.05, 0) is 6.92 Å². The van der Waals surface area contributed by atoms with Crippen molar-refractivity contribution in [1.82, 2.24) is 19.7 Å². The maximum absolute atomic E-state index is 4.43. The van der Waals surface area contributed by atoms with Gasteiger partial charge >= 0.3 is 5.82 Å². The largest absolute Gasteiger partial charge is 0.327 e. The quantitative estimate of drug-likeness (QED) is 0.628. The van der Waals surface area contributed by atoms with Crippen LogP contribution in [0, 0.1) is 13.8 Å². The van der Waals surface area contributed by atoms with Crippen LogP contribution in [0.1, 0.15) is 11.4 Å². The first-order valence-electron chi connectivity index (χ1n) is 4.78. The molecule has 0 atom stereocenters. The van der Waals surface area contributed by atoms with Gasteiger partial charge in [-0.1, -0.05) is 0 Å². The molecule has 78 valence electrons. The van der Waals surface area contributed by atoms with Crippen molar-refractivity contribution in [1.29, 1.82) is 0 Å². The summed E-state index contributed by atoms with van der Waals surface area (Å²) in [6.45, 7) is 4.01. The smallest absolute Gasteiger partial charge is 0.244 e. The zero-order chi connectivity index (χ0) is 11.0. The average molecular weight is 204 g/mol. The summed E-state index contributed by atoms with van der Waals surface area (Å²) < 4.78 is 3.87. The van der Waals surface area contributed by atoms with E-state index >= 15 is 0 Å². The molecule has 5 heteroatoms. The van der Waals surface area contributed by atoms with Crippen LogP contribution in [0.4, 0.5) is 0 Å². The second kappa shape index (κ2) is 3.42. The topological polar surface area (TPSA) is 47.5 Å². The predicted molar refractivity (Wildman–Crippen MR) is 54.9 cm³/mol. The minimum absolute atomic E-state index is 0.870. The van der Waals surface area contributed by atoms with Gasteiger partial charge in [0, 0.05) is 23.8 Å². The molecule has 0 aliphatic carbocycles. The standard InChI is InChI=1S/C10H14N5/c1-7-5-11-6-12-9(7)10-13-15(4)8(2)14(10)3/h5-6H,1-4H3/q+1. The SMILES string of the molecule is Cc1cncnc1-c1nn(C)c(C)[n+]1C. The van der Waals surface area contributed by atoms with Crippen LogP contribution in [0.15, 0.2) is 12.5 Å². The first-order chi connectivity index (χ1) is 7.11. The Labute approximate surface area is 88.4 Å². The third-order valence-electron chi connectivity index (χ3n) is 2.62. The molecule has 0 bridgehead atoms. The molecule has 0 radical (unpaired) electrons. The monoisotopic (exact) mass is 204 g/mol. The van der Waals surface area contributed by atoms with Crippen molar-refractivity contribution < 1.29 is 4.57 Å². The molecular formula is C10H14N5+. The van der Waals surface area contributed by atoms with Gasteiger partial charge in [0.2, 0.25) is 5.82 Å². The summed E-state index contributed by atoms with van der Waals surface area (Å²) in [4.78, 5) is 8.23. The van der Waals surface area contributed by atoms with Crippen LogP contribution < -0.4 is 4.57 Å². The summed E-state index contributed by atoms with van der Waals surface area (Å²) in [6, 6.07) is 0. The molecule has 2 rings (SSSR count). The van der Waals surface area contributed by atoms with Gasteiger partial charge in [0.25, 0.3) is 0 Å². The van der Waals surface area contributed by atoms with Crippen molar-refractivity contribution in [2.45, 2.75) is 13.8 Å². The van der Waals surface area contributed by atoms with E-state index in [0.29, 0.717) is 0 Å². The van der Waals surface area contributed by atoms with Crippen LogP contribution >= 0.6 is 0 Å². The molecule has 0 aromatic carbocycles. The molecule has 2 aromatic rings. The van der Waals surface area contributed by atoms with Crippen LogP contribution in [-0.2, 0) is 14.1 Å². The summed E-state index contributed by atoms with van der Waals surface area (Å²) in [5, 5.41) is 4.43. The van der Waals surface area contributed by atoms with Crippen LogP contribution in [0.25, 0.3) is 11.5 Å². The first kappa shape index (κ1) is 9.76. The van der Waals surface area contributed by atoms with Gasteiger partial charge in [-0.15, -0.1) is 4.68 Å². The van der Waals surface area contributed by atoms with Gasteiger partial charge in [0.1, 0.15) is 12.0 Å². The van der Waals surface area contributed by atoms with E-state index in [9.17, 15) is 0 Å². The molecule has 5 nitrogen and oxygen atoms in total. The molecule has 0 unspecified atom stereocenters. The van der Waals surface area contributed by atoms with Gasteiger partial charge in [-0.25, -0.2) is 14.5 Å². The first-order valence-corrected chi connectivity index (χ1v) is 4.78. The Balaban J connectivity index is 2.65. The minimum Gasteiger partial charge on any atom is -0.244 e. The minimum atomic E-state index is 0.870. The fourth-order valence-electron chi connectivity index (χ4n) is 1.49. The number of aryl methyl sites for hydroxylation is 2. The van der Waals surface area contributed by atoms with E-state index in [2.05, 4.69) is 15.1 Å². The summed E-state index contributed by atoms with van der Waals surface area (Å²) >= 11 is 0. The average Bonchev–Trinajstić information content (AvgIpc) is 2.47. The molecular weight excluding hydrogens is 190 g/mol. The lowest BCUT2D eigenvalue weighted by Crippen LogP contribution is -2.33. The fraction of sp³-hybridized carbons (Fsp3) is 0.400. The van der Waals surface area contributed by atoms with Crippen molar-refractivity contribution in [3.05, 3.63) is 23.9 Å². The lowest BCUT2D eigenvalue weighted by Gasteiger charge is -1.97. The summed E-state index contributed by atoms with van der Waals surface area (Å²) in [5.74, 6) is 1.96. The third kappa shape index (κ3) is 1.49. The normalized spacial score (nSPS) is 10.7. The molecule has 0 aliphatic rings. The Morgan fingerprint density at radius 3 is 2.60 bits per heavy atom. The Morgan fingerprint density at radius 1 is 1.33 bits per heavy atom. The van der Waals surface area contributed by atoms with Crippen LogP contribution in [0.2, 0.25) is 0 Å². The molecule has 0 spiro atoms. The van der Waals surface area contributed by atoms with Crippen molar-refractivity contribution in [3.8, 4) is 11.5 Å². The maximum atomic E-state index is 4.43. The Morgan fingerprint density at radius 2 is 2.07 bits per heavy atom. The van der Waals surface area contributed by atoms with Crippen molar-refractivity contribution in [3.63, 3.8) is 0 Å².